The van der Waals surface area contributed by atoms with E-state index in [4.69, 9.17) is 32.7 Å². The Labute approximate surface area is 176 Å². The highest BCUT2D eigenvalue weighted by molar-refractivity contribution is 8.05. The molecule has 1 fully saturated rings. The lowest BCUT2D eigenvalue weighted by Gasteiger charge is -2.15. The Hall–Kier alpha value is -2.22. The summed E-state index contributed by atoms with van der Waals surface area (Å²) in [6.07, 6.45) is 1.69. The number of ether oxygens (including phenoxy) is 2. The number of methoxy groups -OCH3 is 1. The molecule has 1 amide bonds. The third kappa shape index (κ3) is 4.60. The molecule has 28 heavy (non-hydrogen) atoms. The molecule has 2 aromatic rings. The standard InChI is InChI=1S/C19H18Cl2N2O4S/c1-3-27-15-7-10(6-12(21)17(15)24)8-16-18(25)23-19(28-16)22-13-9-11(20)4-5-14(13)26-2/h4-9,19,22,24H,3H2,1-2H3,(H,23,25)/b16-8-. The Bertz CT molecular complexity index is 936. The lowest BCUT2D eigenvalue weighted by molar-refractivity contribution is -0.116. The number of hydrogen-bond donors (Lipinski definition) is 3. The smallest absolute Gasteiger partial charge is 0.260 e. The molecule has 0 aromatic heterocycles. The highest BCUT2D eigenvalue weighted by atomic mass is 35.5. The fraction of sp³-hybridized carbons (Fsp3) is 0.211. The fourth-order valence-corrected chi connectivity index (χ4v) is 3.96. The second-order valence-electron chi connectivity index (χ2n) is 5.75. The number of nitrogens with one attached hydrogen (secondary N) is 2. The van der Waals surface area contributed by atoms with Gasteiger partial charge in [0, 0.05) is 5.02 Å². The molecule has 2 aromatic carbocycles. The van der Waals surface area contributed by atoms with Gasteiger partial charge in [-0.3, -0.25) is 4.79 Å². The molecule has 1 unspecified atom stereocenters. The van der Waals surface area contributed by atoms with Crippen LogP contribution in [0.1, 0.15) is 12.5 Å². The van der Waals surface area contributed by atoms with Crippen LogP contribution in [-0.4, -0.2) is 30.2 Å². The maximum absolute atomic E-state index is 12.4. The Morgan fingerprint density at radius 2 is 2.07 bits per heavy atom. The van der Waals surface area contributed by atoms with Crippen LogP contribution in [0.5, 0.6) is 17.2 Å². The van der Waals surface area contributed by atoms with Crippen LogP contribution in [0.3, 0.4) is 0 Å². The number of carbonyl (C=O) groups is 1. The Morgan fingerprint density at radius 1 is 1.29 bits per heavy atom. The number of rotatable bonds is 6. The van der Waals surface area contributed by atoms with E-state index in [0.29, 0.717) is 33.5 Å². The van der Waals surface area contributed by atoms with E-state index in [1.807, 2.05) is 0 Å². The number of hydrogen-bond acceptors (Lipinski definition) is 6. The maximum atomic E-state index is 12.4. The average Bonchev–Trinajstić information content (AvgIpc) is 2.98. The van der Waals surface area contributed by atoms with Crippen molar-refractivity contribution < 1.29 is 19.4 Å². The minimum Gasteiger partial charge on any atom is -0.503 e. The molecule has 1 heterocycles. The largest absolute Gasteiger partial charge is 0.503 e. The first kappa shape index (κ1) is 20.5. The quantitative estimate of drug-likeness (QED) is 0.564. The van der Waals surface area contributed by atoms with Crippen LogP contribution in [0.15, 0.2) is 35.2 Å². The van der Waals surface area contributed by atoms with Crippen molar-refractivity contribution in [3.05, 3.63) is 50.8 Å². The van der Waals surface area contributed by atoms with Gasteiger partial charge in [0.2, 0.25) is 0 Å². The topological polar surface area (TPSA) is 79.8 Å². The van der Waals surface area contributed by atoms with Crippen molar-refractivity contribution in [2.24, 2.45) is 0 Å². The number of phenols is 1. The van der Waals surface area contributed by atoms with E-state index in [-0.39, 0.29) is 22.4 Å². The maximum Gasteiger partial charge on any atom is 0.260 e. The monoisotopic (exact) mass is 440 g/mol. The highest BCUT2D eigenvalue weighted by Crippen LogP contribution is 2.38. The summed E-state index contributed by atoms with van der Waals surface area (Å²) < 4.78 is 10.7. The predicted octanol–water partition coefficient (Wildman–Crippen LogP) is 4.71. The fourth-order valence-electron chi connectivity index (χ4n) is 2.59. The zero-order chi connectivity index (χ0) is 20.3. The molecule has 3 N–H and O–H groups in total. The summed E-state index contributed by atoms with van der Waals surface area (Å²) in [7, 11) is 1.56. The molecule has 1 aliphatic heterocycles. The van der Waals surface area contributed by atoms with Crippen LogP contribution >= 0.6 is 35.0 Å². The summed E-state index contributed by atoms with van der Waals surface area (Å²) in [4.78, 5) is 12.8. The molecular formula is C19H18Cl2N2O4S. The first-order valence-electron chi connectivity index (χ1n) is 8.36. The molecule has 0 radical (unpaired) electrons. The summed E-state index contributed by atoms with van der Waals surface area (Å²) in [5, 5.41) is 16.7. The van der Waals surface area contributed by atoms with Gasteiger partial charge in [0.05, 0.1) is 29.3 Å². The number of amides is 1. The Balaban J connectivity index is 1.81. The van der Waals surface area contributed by atoms with Crippen LogP contribution in [0.4, 0.5) is 5.69 Å². The van der Waals surface area contributed by atoms with Crippen LogP contribution in [-0.2, 0) is 4.79 Å². The van der Waals surface area contributed by atoms with Crippen molar-refractivity contribution in [1.82, 2.24) is 5.32 Å². The summed E-state index contributed by atoms with van der Waals surface area (Å²) >= 11 is 13.4. The van der Waals surface area contributed by atoms with Gasteiger partial charge in [-0.15, -0.1) is 0 Å². The van der Waals surface area contributed by atoms with Crippen molar-refractivity contribution in [3.63, 3.8) is 0 Å². The van der Waals surface area contributed by atoms with Crippen molar-refractivity contribution in [1.29, 1.82) is 0 Å². The van der Waals surface area contributed by atoms with E-state index < -0.39 is 5.50 Å². The molecule has 0 aliphatic carbocycles. The molecule has 0 saturated carbocycles. The minimum atomic E-state index is -0.398. The van der Waals surface area contributed by atoms with E-state index in [9.17, 15) is 9.90 Å². The summed E-state index contributed by atoms with van der Waals surface area (Å²) in [5.41, 5.74) is 0.912. The van der Waals surface area contributed by atoms with Crippen LogP contribution in [0, 0.1) is 0 Å². The summed E-state index contributed by atoms with van der Waals surface area (Å²) in [5.74, 6) is 0.527. The zero-order valence-corrected chi connectivity index (χ0v) is 17.4. The van der Waals surface area contributed by atoms with Gasteiger partial charge in [-0.25, -0.2) is 0 Å². The van der Waals surface area contributed by atoms with Crippen molar-refractivity contribution >= 4 is 52.6 Å². The molecule has 1 saturated heterocycles. The second-order valence-corrected chi connectivity index (χ2v) is 7.74. The summed E-state index contributed by atoms with van der Waals surface area (Å²) in [6, 6.07) is 8.40. The van der Waals surface area contributed by atoms with Gasteiger partial charge in [0.25, 0.3) is 5.91 Å². The van der Waals surface area contributed by atoms with E-state index >= 15 is 0 Å². The van der Waals surface area contributed by atoms with Crippen LogP contribution < -0.4 is 20.1 Å². The van der Waals surface area contributed by atoms with Crippen molar-refractivity contribution in [2.45, 2.75) is 12.4 Å². The number of carbonyl (C=O) groups excluding carboxylic acids is 1. The van der Waals surface area contributed by atoms with Gasteiger partial charge in [-0.1, -0.05) is 35.0 Å². The van der Waals surface area contributed by atoms with E-state index in [2.05, 4.69) is 10.6 Å². The van der Waals surface area contributed by atoms with Gasteiger partial charge < -0.3 is 25.2 Å². The third-order valence-electron chi connectivity index (χ3n) is 3.83. The summed E-state index contributed by atoms with van der Waals surface area (Å²) in [6.45, 7) is 2.19. The van der Waals surface area contributed by atoms with Crippen LogP contribution in [0.25, 0.3) is 6.08 Å². The van der Waals surface area contributed by atoms with E-state index in [1.54, 1.807) is 50.4 Å². The number of benzene rings is 2. The number of thioether (sulfide) groups is 1. The van der Waals surface area contributed by atoms with Gasteiger partial charge >= 0.3 is 0 Å². The van der Waals surface area contributed by atoms with E-state index in [1.165, 1.54) is 11.8 Å². The Kier molecular flexibility index (Phi) is 6.49. The predicted molar refractivity (Wildman–Crippen MR) is 113 cm³/mol. The van der Waals surface area contributed by atoms with Gasteiger partial charge in [-0.2, -0.15) is 0 Å². The molecule has 3 rings (SSSR count). The van der Waals surface area contributed by atoms with Gasteiger partial charge in [0.15, 0.2) is 17.0 Å². The lowest BCUT2D eigenvalue weighted by atomic mass is 10.2. The molecule has 6 nitrogen and oxygen atoms in total. The molecular weight excluding hydrogens is 423 g/mol. The highest BCUT2D eigenvalue weighted by Gasteiger charge is 2.28. The number of halogens is 2. The van der Waals surface area contributed by atoms with Gasteiger partial charge in [-0.05, 0) is 48.9 Å². The lowest BCUT2D eigenvalue weighted by Crippen LogP contribution is -2.31. The molecule has 1 aliphatic rings. The molecule has 1 atom stereocenters. The normalized spacial score (nSPS) is 17.5. The molecule has 0 bridgehead atoms. The number of anilines is 1. The Morgan fingerprint density at radius 3 is 2.79 bits per heavy atom. The molecule has 148 valence electrons. The van der Waals surface area contributed by atoms with Crippen LogP contribution in [0.2, 0.25) is 10.0 Å². The van der Waals surface area contributed by atoms with Crippen molar-refractivity contribution in [3.8, 4) is 17.2 Å². The third-order valence-corrected chi connectivity index (χ3v) is 5.38. The SMILES string of the molecule is CCOc1cc(/C=C2\SC(Nc3cc(Cl)ccc3OC)NC2=O)cc(Cl)c1O. The average molecular weight is 441 g/mol. The van der Waals surface area contributed by atoms with Gasteiger partial charge in [0.1, 0.15) is 5.75 Å². The second kappa shape index (κ2) is 8.86. The van der Waals surface area contributed by atoms with Crippen molar-refractivity contribution in [2.75, 3.05) is 19.0 Å². The first-order valence-corrected chi connectivity index (χ1v) is 9.99. The zero-order valence-electron chi connectivity index (χ0n) is 15.1. The molecule has 9 heteroatoms. The molecule has 0 spiro atoms. The first-order chi connectivity index (χ1) is 13.4. The number of phenolic OH excluding ortho intramolecular Hbond substituents is 1. The number of aromatic hydroxyl groups is 1. The van der Waals surface area contributed by atoms with E-state index in [0.717, 1.165) is 0 Å². The minimum absolute atomic E-state index is 0.123.